The van der Waals surface area contributed by atoms with E-state index in [1.54, 1.807) is 6.20 Å². The van der Waals surface area contributed by atoms with E-state index in [1.807, 2.05) is 0 Å². The third-order valence-electron chi connectivity index (χ3n) is 2.53. The summed E-state index contributed by atoms with van der Waals surface area (Å²) in [5.74, 6) is 0.391. The first-order chi connectivity index (χ1) is 7.75. The Morgan fingerprint density at radius 1 is 1.44 bits per heavy atom. The molecular weight excluding hydrogens is 214 g/mol. The first kappa shape index (κ1) is 11.2. The van der Waals surface area contributed by atoms with E-state index in [2.05, 4.69) is 20.6 Å². The molecular formula is C10H14F2N4. The van der Waals surface area contributed by atoms with Gasteiger partial charge in [0.05, 0.1) is 30.7 Å². The van der Waals surface area contributed by atoms with Crippen molar-refractivity contribution in [2.75, 3.05) is 18.4 Å². The molecule has 2 rings (SSSR count). The summed E-state index contributed by atoms with van der Waals surface area (Å²) in [6, 6.07) is 0.261. The summed E-state index contributed by atoms with van der Waals surface area (Å²) in [6.07, 6.45) is 2.95. The fraction of sp³-hybridized carbons (Fsp3) is 0.600. The van der Waals surface area contributed by atoms with Gasteiger partial charge in [-0.1, -0.05) is 0 Å². The van der Waals surface area contributed by atoms with Gasteiger partial charge in [0.15, 0.2) is 0 Å². The van der Waals surface area contributed by atoms with Crippen LogP contribution in [0, 0.1) is 0 Å². The van der Waals surface area contributed by atoms with Crippen molar-refractivity contribution in [1.29, 1.82) is 0 Å². The van der Waals surface area contributed by atoms with Crippen LogP contribution in [0.5, 0.6) is 0 Å². The lowest BCUT2D eigenvalue weighted by Crippen LogP contribution is -2.15. The molecule has 0 radical (unpaired) electrons. The topological polar surface area (TPSA) is 49.8 Å². The first-order valence-corrected chi connectivity index (χ1v) is 5.33. The molecule has 1 atom stereocenters. The summed E-state index contributed by atoms with van der Waals surface area (Å²) in [4.78, 5) is 8.25. The third-order valence-corrected chi connectivity index (χ3v) is 2.53. The molecule has 0 aliphatic carbocycles. The fourth-order valence-corrected chi connectivity index (χ4v) is 1.73. The number of halogens is 2. The molecule has 88 valence electrons. The summed E-state index contributed by atoms with van der Waals surface area (Å²) in [5.41, 5.74) is 0.875. The maximum absolute atomic E-state index is 11.9. The third kappa shape index (κ3) is 2.85. The van der Waals surface area contributed by atoms with Crippen molar-refractivity contribution in [3.8, 4) is 0 Å². The maximum atomic E-state index is 11.9. The molecule has 0 amide bonds. The van der Waals surface area contributed by atoms with Crippen LogP contribution in [0.4, 0.5) is 14.6 Å². The first-order valence-electron chi connectivity index (χ1n) is 5.33. The standard InChI is InChI=1S/C10H14F2N4/c11-9(12)5-16-10-6-14-8(4-15-10)7-2-1-3-13-7/h4,6-7,9,13H,1-3,5H2,(H,15,16)/t7-/m0/s1. The van der Waals surface area contributed by atoms with Crippen molar-refractivity contribution in [3.05, 3.63) is 18.1 Å². The van der Waals surface area contributed by atoms with Crippen LogP contribution in [0.2, 0.25) is 0 Å². The molecule has 1 aliphatic rings. The molecule has 1 aromatic rings. The molecule has 2 N–H and O–H groups in total. The van der Waals surface area contributed by atoms with Gasteiger partial charge in [-0.3, -0.25) is 4.98 Å². The normalized spacial score (nSPS) is 20.3. The van der Waals surface area contributed by atoms with E-state index in [1.165, 1.54) is 6.20 Å². The monoisotopic (exact) mass is 228 g/mol. The Kier molecular flexibility index (Phi) is 3.61. The van der Waals surface area contributed by atoms with Crippen LogP contribution in [0.15, 0.2) is 12.4 Å². The number of anilines is 1. The van der Waals surface area contributed by atoms with Crippen LogP contribution < -0.4 is 10.6 Å². The minimum atomic E-state index is -2.38. The van der Waals surface area contributed by atoms with Crippen molar-refractivity contribution < 1.29 is 8.78 Å². The lowest BCUT2D eigenvalue weighted by atomic mass is 10.2. The zero-order valence-electron chi connectivity index (χ0n) is 8.79. The summed E-state index contributed by atoms with van der Waals surface area (Å²) in [7, 11) is 0. The second kappa shape index (κ2) is 5.16. The summed E-state index contributed by atoms with van der Waals surface area (Å²) in [5, 5.41) is 5.82. The number of aromatic nitrogens is 2. The average molecular weight is 228 g/mol. The molecule has 0 aromatic carbocycles. The summed E-state index contributed by atoms with van der Waals surface area (Å²) >= 11 is 0. The number of rotatable bonds is 4. The second-order valence-electron chi connectivity index (χ2n) is 3.75. The van der Waals surface area contributed by atoms with Gasteiger partial charge < -0.3 is 10.6 Å². The van der Waals surface area contributed by atoms with Crippen molar-refractivity contribution >= 4 is 5.82 Å². The van der Waals surface area contributed by atoms with E-state index in [0.29, 0.717) is 5.82 Å². The van der Waals surface area contributed by atoms with Gasteiger partial charge in [-0.25, -0.2) is 13.8 Å². The fourth-order valence-electron chi connectivity index (χ4n) is 1.73. The van der Waals surface area contributed by atoms with Gasteiger partial charge in [0.1, 0.15) is 5.82 Å². The van der Waals surface area contributed by atoms with E-state index < -0.39 is 13.0 Å². The Labute approximate surface area is 92.5 Å². The highest BCUT2D eigenvalue weighted by molar-refractivity contribution is 5.31. The molecule has 6 heteroatoms. The predicted molar refractivity (Wildman–Crippen MR) is 56.5 cm³/mol. The lowest BCUT2D eigenvalue weighted by molar-refractivity contribution is 0.163. The second-order valence-corrected chi connectivity index (χ2v) is 3.75. The van der Waals surface area contributed by atoms with Gasteiger partial charge in [-0.2, -0.15) is 0 Å². The van der Waals surface area contributed by atoms with Gasteiger partial charge in [-0.05, 0) is 19.4 Å². The largest absolute Gasteiger partial charge is 0.363 e. The van der Waals surface area contributed by atoms with Gasteiger partial charge in [0.25, 0.3) is 6.43 Å². The van der Waals surface area contributed by atoms with Gasteiger partial charge in [0, 0.05) is 0 Å². The smallest absolute Gasteiger partial charge is 0.255 e. The number of nitrogens with zero attached hydrogens (tertiary/aromatic N) is 2. The molecule has 1 aliphatic heterocycles. The van der Waals surface area contributed by atoms with Crippen molar-refractivity contribution in [2.24, 2.45) is 0 Å². The summed E-state index contributed by atoms with van der Waals surface area (Å²) < 4.78 is 23.8. The van der Waals surface area contributed by atoms with Crippen molar-refractivity contribution in [2.45, 2.75) is 25.3 Å². The minimum absolute atomic E-state index is 0.261. The molecule has 16 heavy (non-hydrogen) atoms. The Morgan fingerprint density at radius 3 is 2.88 bits per heavy atom. The zero-order chi connectivity index (χ0) is 11.4. The molecule has 0 spiro atoms. The van der Waals surface area contributed by atoms with Crippen LogP contribution in [-0.4, -0.2) is 29.5 Å². The molecule has 2 heterocycles. The highest BCUT2D eigenvalue weighted by Gasteiger charge is 2.17. The zero-order valence-corrected chi connectivity index (χ0v) is 8.79. The van der Waals surface area contributed by atoms with Crippen LogP contribution in [0.25, 0.3) is 0 Å². The molecule has 0 saturated carbocycles. The molecule has 4 nitrogen and oxygen atoms in total. The maximum Gasteiger partial charge on any atom is 0.255 e. The number of hydrogen-bond acceptors (Lipinski definition) is 4. The van der Waals surface area contributed by atoms with E-state index in [9.17, 15) is 8.78 Å². The van der Waals surface area contributed by atoms with Crippen molar-refractivity contribution in [1.82, 2.24) is 15.3 Å². The van der Waals surface area contributed by atoms with Crippen molar-refractivity contribution in [3.63, 3.8) is 0 Å². The number of nitrogens with one attached hydrogen (secondary N) is 2. The molecule has 1 aromatic heterocycles. The highest BCUT2D eigenvalue weighted by Crippen LogP contribution is 2.20. The highest BCUT2D eigenvalue weighted by atomic mass is 19.3. The molecule has 1 fully saturated rings. The number of hydrogen-bond donors (Lipinski definition) is 2. The van der Waals surface area contributed by atoms with Crippen LogP contribution in [0.1, 0.15) is 24.6 Å². The van der Waals surface area contributed by atoms with Gasteiger partial charge in [0.2, 0.25) is 0 Å². The SMILES string of the molecule is FC(F)CNc1cnc([C@@H]2CCCN2)cn1. The Balaban J connectivity index is 1.93. The van der Waals surface area contributed by atoms with Crippen LogP contribution in [-0.2, 0) is 0 Å². The van der Waals surface area contributed by atoms with E-state index in [4.69, 9.17) is 0 Å². The van der Waals surface area contributed by atoms with Gasteiger partial charge >= 0.3 is 0 Å². The van der Waals surface area contributed by atoms with E-state index in [-0.39, 0.29) is 6.04 Å². The lowest BCUT2D eigenvalue weighted by Gasteiger charge is -2.09. The quantitative estimate of drug-likeness (QED) is 0.821. The average Bonchev–Trinajstić information content (AvgIpc) is 2.80. The van der Waals surface area contributed by atoms with E-state index >= 15 is 0 Å². The van der Waals surface area contributed by atoms with Crippen LogP contribution >= 0.6 is 0 Å². The molecule has 0 unspecified atom stereocenters. The van der Waals surface area contributed by atoms with E-state index in [0.717, 1.165) is 25.1 Å². The predicted octanol–water partition coefficient (Wildman–Crippen LogP) is 1.58. The molecule has 1 saturated heterocycles. The summed E-state index contributed by atoms with van der Waals surface area (Å²) in [6.45, 7) is 0.605. The van der Waals surface area contributed by atoms with Gasteiger partial charge in [-0.15, -0.1) is 0 Å². The Bertz CT molecular complexity index is 322. The Morgan fingerprint density at radius 2 is 2.31 bits per heavy atom. The number of alkyl halides is 2. The van der Waals surface area contributed by atoms with Crippen LogP contribution in [0.3, 0.4) is 0 Å². The Hall–Kier alpha value is -1.30. The minimum Gasteiger partial charge on any atom is -0.363 e. The molecule has 0 bridgehead atoms.